The zero-order valence-corrected chi connectivity index (χ0v) is 16.8. The normalized spacial score (nSPS) is 15.0. The van der Waals surface area contributed by atoms with Gasteiger partial charge in [-0.25, -0.2) is 9.97 Å². The molecule has 1 N–H and O–H groups in total. The van der Waals surface area contributed by atoms with Crippen LogP contribution in [0.15, 0.2) is 24.4 Å². The summed E-state index contributed by atoms with van der Waals surface area (Å²) in [5, 5.41) is 3.68. The van der Waals surface area contributed by atoms with Crippen LogP contribution in [0.25, 0.3) is 0 Å². The second-order valence-electron chi connectivity index (χ2n) is 6.94. The molecule has 0 radical (unpaired) electrons. The molecule has 1 saturated heterocycles. The summed E-state index contributed by atoms with van der Waals surface area (Å²) in [6.07, 6.45) is 5.14. The van der Waals surface area contributed by atoms with Gasteiger partial charge in [0.25, 0.3) is 0 Å². The summed E-state index contributed by atoms with van der Waals surface area (Å²) in [5.74, 6) is 3.63. The van der Waals surface area contributed by atoms with Crippen molar-refractivity contribution in [2.75, 3.05) is 32.2 Å². The number of piperidine rings is 1. The van der Waals surface area contributed by atoms with Crippen LogP contribution >= 0.6 is 0 Å². The smallest absolute Gasteiger partial charge is 0.135 e. The molecule has 3 rings (SSSR count). The first kappa shape index (κ1) is 19.4. The summed E-state index contributed by atoms with van der Waals surface area (Å²) in [6, 6.07) is 6.48. The predicted molar refractivity (Wildman–Crippen MR) is 108 cm³/mol. The van der Waals surface area contributed by atoms with E-state index in [0.29, 0.717) is 6.04 Å². The Labute approximate surface area is 161 Å². The molecule has 0 aliphatic carbocycles. The van der Waals surface area contributed by atoms with Gasteiger partial charge in [-0.2, -0.15) is 0 Å². The Morgan fingerprint density at radius 3 is 2.59 bits per heavy atom. The molecular weight excluding hydrogens is 340 g/mol. The highest BCUT2D eigenvalue weighted by Gasteiger charge is 2.22. The second-order valence-corrected chi connectivity index (χ2v) is 6.94. The zero-order chi connectivity index (χ0) is 19.2. The molecule has 27 heavy (non-hydrogen) atoms. The Morgan fingerprint density at radius 2 is 1.93 bits per heavy atom. The van der Waals surface area contributed by atoms with Gasteiger partial charge in [-0.1, -0.05) is 13.0 Å². The zero-order valence-electron chi connectivity index (χ0n) is 16.8. The summed E-state index contributed by atoms with van der Waals surface area (Å²) in [5.41, 5.74) is 2.38. The Hall–Kier alpha value is -2.34. The molecule has 1 fully saturated rings. The first-order chi connectivity index (χ1) is 13.1. The number of aryl methyl sites for hydroxylation is 2. The number of anilines is 1. The number of benzene rings is 1. The maximum atomic E-state index is 5.50. The SMILES string of the molecule is CCc1cnc(C)nc1N1CCC(NCc2ccc(OC)cc2OC)CC1. The first-order valence-electron chi connectivity index (χ1n) is 9.66. The fourth-order valence-corrected chi connectivity index (χ4v) is 3.55. The van der Waals surface area contributed by atoms with Gasteiger partial charge < -0.3 is 19.7 Å². The Kier molecular flexibility index (Phi) is 6.50. The molecule has 1 aliphatic heterocycles. The Balaban J connectivity index is 1.57. The summed E-state index contributed by atoms with van der Waals surface area (Å²) in [7, 11) is 3.37. The van der Waals surface area contributed by atoms with E-state index in [2.05, 4.69) is 28.2 Å². The lowest BCUT2D eigenvalue weighted by Gasteiger charge is -2.34. The van der Waals surface area contributed by atoms with Gasteiger partial charge >= 0.3 is 0 Å². The van der Waals surface area contributed by atoms with E-state index in [1.807, 2.05) is 25.3 Å². The van der Waals surface area contributed by atoms with Crippen molar-refractivity contribution in [3.05, 3.63) is 41.3 Å². The minimum Gasteiger partial charge on any atom is -0.497 e. The minimum absolute atomic E-state index is 0.501. The van der Waals surface area contributed by atoms with Gasteiger partial charge in [-0.15, -0.1) is 0 Å². The maximum Gasteiger partial charge on any atom is 0.135 e. The van der Waals surface area contributed by atoms with Crippen LogP contribution < -0.4 is 19.7 Å². The van der Waals surface area contributed by atoms with Gasteiger partial charge in [0, 0.05) is 49.1 Å². The van der Waals surface area contributed by atoms with Gasteiger partial charge in [0.05, 0.1) is 14.2 Å². The van der Waals surface area contributed by atoms with Crippen molar-refractivity contribution in [1.82, 2.24) is 15.3 Å². The number of nitrogens with one attached hydrogen (secondary N) is 1. The number of methoxy groups -OCH3 is 2. The molecule has 1 aromatic heterocycles. The highest BCUT2D eigenvalue weighted by atomic mass is 16.5. The highest BCUT2D eigenvalue weighted by Crippen LogP contribution is 2.26. The van der Waals surface area contributed by atoms with Crippen LogP contribution in [0.2, 0.25) is 0 Å². The van der Waals surface area contributed by atoms with E-state index in [4.69, 9.17) is 14.5 Å². The number of hydrogen-bond donors (Lipinski definition) is 1. The van der Waals surface area contributed by atoms with Crippen molar-refractivity contribution in [2.45, 2.75) is 45.7 Å². The third kappa shape index (κ3) is 4.69. The second kappa shape index (κ2) is 9.04. The molecule has 2 aromatic rings. The van der Waals surface area contributed by atoms with Gasteiger partial charge in [-0.05, 0) is 32.3 Å². The molecule has 1 aliphatic rings. The monoisotopic (exact) mass is 370 g/mol. The number of nitrogens with zero attached hydrogens (tertiary/aromatic N) is 3. The quantitative estimate of drug-likeness (QED) is 0.808. The fourth-order valence-electron chi connectivity index (χ4n) is 3.55. The Morgan fingerprint density at radius 1 is 1.15 bits per heavy atom. The molecule has 6 heteroatoms. The summed E-state index contributed by atoms with van der Waals surface area (Å²) >= 11 is 0. The van der Waals surface area contributed by atoms with Gasteiger partial charge in [0.15, 0.2) is 0 Å². The number of aromatic nitrogens is 2. The third-order valence-electron chi connectivity index (χ3n) is 5.21. The van der Waals surface area contributed by atoms with Crippen LogP contribution in [0, 0.1) is 6.92 Å². The fraction of sp³-hybridized carbons (Fsp3) is 0.524. The van der Waals surface area contributed by atoms with Crippen LogP contribution in [0.5, 0.6) is 11.5 Å². The predicted octanol–water partition coefficient (Wildman–Crippen LogP) is 3.12. The van der Waals surface area contributed by atoms with Crippen molar-refractivity contribution in [2.24, 2.45) is 0 Å². The number of hydrogen-bond acceptors (Lipinski definition) is 6. The first-order valence-corrected chi connectivity index (χ1v) is 9.66. The average Bonchev–Trinajstić information content (AvgIpc) is 2.72. The standard InChI is InChI=1S/C21H30N4O2/c1-5-16-13-22-15(2)24-21(16)25-10-8-18(9-11-25)23-14-17-6-7-19(26-3)12-20(17)27-4/h6-7,12-13,18,23H,5,8-11,14H2,1-4H3. The molecule has 146 valence electrons. The van der Waals surface area contributed by atoms with Crippen molar-refractivity contribution in [3.8, 4) is 11.5 Å². The Bertz CT molecular complexity index is 758. The molecule has 2 heterocycles. The van der Waals surface area contributed by atoms with Gasteiger partial charge in [0.2, 0.25) is 0 Å². The lowest BCUT2D eigenvalue weighted by Crippen LogP contribution is -2.43. The van der Waals surface area contributed by atoms with Crippen LogP contribution in [-0.4, -0.2) is 43.3 Å². The van der Waals surface area contributed by atoms with Crippen LogP contribution in [0.1, 0.15) is 36.7 Å². The molecule has 0 bridgehead atoms. The molecule has 0 spiro atoms. The van der Waals surface area contributed by atoms with E-state index < -0.39 is 0 Å². The van der Waals surface area contributed by atoms with E-state index in [1.165, 1.54) is 5.56 Å². The van der Waals surface area contributed by atoms with Crippen LogP contribution in [0.3, 0.4) is 0 Å². The topological polar surface area (TPSA) is 59.5 Å². The maximum absolute atomic E-state index is 5.50. The molecule has 0 amide bonds. The van der Waals surface area contributed by atoms with Crippen molar-refractivity contribution in [1.29, 1.82) is 0 Å². The van der Waals surface area contributed by atoms with Crippen LogP contribution in [0.4, 0.5) is 5.82 Å². The number of rotatable bonds is 7. The van der Waals surface area contributed by atoms with Crippen molar-refractivity contribution >= 4 is 5.82 Å². The van der Waals surface area contributed by atoms with E-state index in [1.54, 1.807) is 14.2 Å². The molecule has 0 unspecified atom stereocenters. The van der Waals surface area contributed by atoms with E-state index in [9.17, 15) is 0 Å². The largest absolute Gasteiger partial charge is 0.497 e. The molecule has 1 aromatic carbocycles. The van der Waals surface area contributed by atoms with E-state index >= 15 is 0 Å². The molecule has 0 saturated carbocycles. The van der Waals surface area contributed by atoms with Crippen LogP contribution in [-0.2, 0) is 13.0 Å². The molecular formula is C21H30N4O2. The van der Waals surface area contributed by atoms with E-state index in [-0.39, 0.29) is 0 Å². The highest BCUT2D eigenvalue weighted by molar-refractivity contribution is 5.46. The molecule has 0 atom stereocenters. The summed E-state index contributed by atoms with van der Waals surface area (Å²) in [4.78, 5) is 11.4. The lowest BCUT2D eigenvalue weighted by atomic mass is 10.0. The third-order valence-corrected chi connectivity index (χ3v) is 5.21. The van der Waals surface area contributed by atoms with Crippen molar-refractivity contribution < 1.29 is 9.47 Å². The summed E-state index contributed by atoms with van der Waals surface area (Å²) in [6.45, 7) is 6.94. The summed E-state index contributed by atoms with van der Waals surface area (Å²) < 4.78 is 10.8. The average molecular weight is 370 g/mol. The van der Waals surface area contributed by atoms with E-state index in [0.717, 1.165) is 67.6 Å². The van der Waals surface area contributed by atoms with Crippen molar-refractivity contribution in [3.63, 3.8) is 0 Å². The molecule has 6 nitrogen and oxygen atoms in total. The van der Waals surface area contributed by atoms with Gasteiger partial charge in [0.1, 0.15) is 23.1 Å². The minimum atomic E-state index is 0.501. The van der Waals surface area contributed by atoms with Gasteiger partial charge in [-0.3, -0.25) is 0 Å². The lowest BCUT2D eigenvalue weighted by molar-refractivity contribution is 0.381. The number of ether oxygens (including phenoxy) is 2.